The molecule has 0 aromatic heterocycles. The summed E-state index contributed by atoms with van der Waals surface area (Å²) in [5.74, 6) is 1.82. The van der Waals surface area contributed by atoms with Crippen LogP contribution in [-0.2, 0) is 17.3 Å². The highest BCUT2D eigenvalue weighted by molar-refractivity contribution is 5.95. The summed E-state index contributed by atoms with van der Waals surface area (Å²) in [6.07, 6.45) is 20.1. The molecule has 4 heteroatoms. The van der Waals surface area contributed by atoms with Crippen LogP contribution in [0.3, 0.4) is 0 Å². The molecule has 0 N–H and O–H groups in total. The van der Waals surface area contributed by atoms with Crippen LogP contribution in [0.25, 0.3) is 11.1 Å². The molecule has 294 valence electrons. The zero-order valence-corrected chi connectivity index (χ0v) is 35.4. The maximum atomic E-state index is 6.04. The molecule has 4 nitrogen and oxygen atoms in total. The molecular weight excluding hydrogens is 673 g/mol. The molecule has 0 radical (unpaired) electrons. The van der Waals surface area contributed by atoms with Crippen molar-refractivity contribution >= 4 is 23.8 Å². The molecule has 0 aliphatic heterocycles. The van der Waals surface area contributed by atoms with Crippen molar-refractivity contribution in [3.05, 3.63) is 106 Å². The molecule has 5 rings (SSSR count). The first kappa shape index (κ1) is 42.0. The lowest BCUT2D eigenvalue weighted by Crippen LogP contribution is -2.13. The van der Waals surface area contributed by atoms with Crippen LogP contribution in [-0.4, -0.2) is 25.6 Å². The van der Waals surface area contributed by atoms with Gasteiger partial charge in [0.05, 0.1) is 24.6 Å². The lowest BCUT2D eigenvalue weighted by molar-refractivity contribution is 0.304. The van der Waals surface area contributed by atoms with E-state index in [9.17, 15) is 0 Å². The molecule has 1 aliphatic rings. The first-order chi connectivity index (χ1) is 26.5. The van der Waals surface area contributed by atoms with E-state index >= 15 is 0 Å². The topological polar surface area (TPSA) is 43.2 Å². The van der Waals surface area contributed by atoms with Gasteiger partial charge in [-0.1, -0.05) is 132 Å². The minimum Gasteiger partial charge on any atom is -0.494 e. The highest BCUT2D eigenvalue weighted by Crippen LogP contribution is 2.44. The molecule has 55 heavy (non-hydrogen) atoms. The molecule has 4 aromatic rings. The SMILES string of the molecule is CCCCCCCCOc1ccc(N=Cc2cc(C(C)(C)C)cc3c2Cc2c(C=Nc4ccc(OCCCCCCCC)cc4)cc(C(C)(C)C)cc2-3)cc1. The zero-order chi connectivity index (χ0) is 39.3. The Hall–Kier alpha value is -4.18. The quantitative estimate of drug-likeness (QED) is 0.0589. The molecule has 0 fully saturated rings. The summed E-state index contributed by atoms with van der Waals surface area (Å²) < 4.78 is 12.1. The van der Waals surface area contributed by atoms with Crippen molar-refractivity contribution in [2.24, 2.45) is 9.98 Å². The third-order valence-corrected chi connectivity index (χ3v) is 10.9. The largest absolute Gasteiger partial charge is 0.494 e. The van der Waals surface area contributed by atoms with E-state index in [0.29, 0.717) is 0 Å². The number of nitrogens with zero attached hydrogens (tertiary/aromatic N) is 2. The van der Waals surface area contributed by atoms with Gasteiger partial charge < -0.3 is 9.47 Å². The Morgan fingerprint density at radius 2 is 0.855 bits per heavy atom. The van der Waals surface area contributed by atoms with Crippen molar-refractivity contribution < 1.29 is 9.47 Å². The predicted molar refractivity (Wildman–Crippen MR) is 237 cm³/mol. The summed E-state index contributed by atoms with van der Waals surface area (Å²) in [6, 6.07) is 26.0. The third kappa shape index (κ3) is 12.4. The van der Waals surface area contributed by atoms with E-state index in [0.717, 1.165) is 55.4 Å². The third-order valence-electron chi connectivity index (χ3n) is 10.9. The average molecular weight is 741 g/mol. The standard InChI is InChI=1S/C51H68N2O2/c1-9-11-13-15-17-19-29-54-44-25-21-42(22-26-44)52-36-38-31-40(50(3,4)5)33-48-46(38)35-47-39(32-41(34-49(47)48)51(6,7)8)37-53-43-23-27-45(28-24-43)55-30-20-18-16-14-12-10-2/h21-28,31-34,36-37H,9-20,29-30,35H2,1-8H3. The Bertz CT molecular complexity index is 1720. The highest BCUT2D eigenvalue weighted by atomic mass is 16.5. The fraction of sp³-hybridized carbons (Fsp3) is 0.490. The van der Waals surface area contributed by atoms with E-state index < -0.39 is 0 Å². The summed E-state index contributed by atoms with van der Waals surface area (Å²) in [5.41, 5.74) is 12.1. The average Bonchev–Trinajstić information content (AvgIpc) is 3.55. The summed E-state index contributed by atoms with van der Waals surface area (Å²) >= 11 is 0. The van der Waals surface area contributed by atoms with Crippen molar-refractivity contribution in [3.63, 3.8) is 0 Å². The van der Waals surface area contributed by atoms with Crippen molar-refractivity contribution in [3.8, 4) is 22.6 Å². The van der Waals surface area contributed by atoms with Gasteiger partial charge in [0.15, 0.2) is 0 Å². The Morgan fingerprint density at radius 1 is 0.491 bits per heavy atom. The second-order valence-corrected chi connectivity index (χ2v) is 17.6. The molecule has 1 aliphatic carbocycles. The fourth-order valence-electron chi connectivity index (χ4n) is 7.23. The number of unbranched alkanes of at least 4 members (excludes halogenated alkanes) is 10. The predicted octanol–water partition coefficient (Wildman–Crippen LogP) is 14.8. The normalized spacial score (nSPS) is 12.8. The number of ether oxygens (including phenoxy) is 2. The van der Waals surface area contributed by atoms with Crippen LogP contribution in [0, 0.1) is 0 Å². The van der Waals surface area contributed by atoms with E-state index in [1.807, 2.05) is 24.3 Å². The molecule has 0 atom stereocenters. The van der Waals surface area contributed by atoms with Gasteiger partial charge in [0.2, 0.25) is 0 Å². The van der Waals surface area contributed by atoms with Gasteiger partial charge >= 0.3 is 0 Å². The van der Waals surface area contributed by atoms with E-state index in [-0.39, 0.29) is 10.8 Å². The van der Waals surface area contributed by atoms with Gasteiger partial charge in [-0.2, -0.15) is 0 Å². The van der Waals surface area contributed by atoms with Crippen LogP contribution in [0.15, 0.2) is 82.8 Å². The maximum absolute atomic E-state index is 6.04. The Labute approximate surface area is 333 Å². The number of benzene rings is 4. The summed E-state index contributed by atoms with van der Waals surface area (Å²) in [4.78, 5) is 10.0. The lowest BCUT2D eigenvalue weighted by Gasteiger charge is -2.23. The molecular formula is C51H68N2O2. The number of aliphatic imine (C=N–C) groups is 2. The zero-order valence-electron chi connectivity index (χ0n) is 35.4. The van der Waals surface area contributed by atoms with Crippen LogP contribution in [0.2, 0.25) is 0 Å². The van der Waals surface area contributed by atoms with Crippen molar-refractivity contribution in [2.45, 2.75) is 150 Å². The Morgan fingerprint density at radius 3 is 1.22 bits per heavy atom. The van der Waals surface area contributed by atoms with Gasteiger partial charge in [0.25, 0.3) is 0 Å². The molecule has 0 heterocycles. The summed E-state index contributed by atoms with van der Waals surface area (Å²) in [7, 11) is 0. The summed E-state index contributed by atoms with van der Waals surface area (Å²) in [5, 5.41) is 0. The van der Waals surface area contributed by atoms with Gasteiger partial charge in [-0.15, -0.1) is 0 Å². The van der Waals surface area contributed by atoms with E-state index in [2.05, 4.69) is 116 Å². The number of hydrogen-bond acceptors (Lipinski definition) is 4. The van der Waals surface area contributed by atoms with Crippen molar-refractivity contribution in [1.82, 2.24) is 0 Å². The summed E-state index contributed by atoms with van der Waals surface area (Å²) in [6.45, 7) is 19.8. The minimum absolute atomic E-state index is 0.00814. The molecule has 4 aromatic carbocycles. The number of hydrogen-bond donors (Lipinski definition) is 0. The lowest BCUT2D eigenvalue weighted by atomic mass is 9.82. The van der Waals surface area contributed by atoms with E-state index in [1.165, 1.54) is 109 Å². The monoisotopic (exact) mass is 741 g/mol. The molecule has 0 bridgehead atoms. The fourth-order valence-corrected chi connectivity index (χ4v) is 7.23. The van der Waals surface area contributed by atoms with E-state index in [1.54, 1.807) is 0 Å². The van der Waals surface area contributed by atoms with E-state index in [4.69, 9.17) is 19.5 Å². The maximum Gasteiger partial charge on any atom is 0.119 e. The minimum atomic E-state index is -0.00814. The second kappa shape index (κ2) is 20.1. The smallest absolute Gasteiger partial charge is 0.119 e. The van der Waals surface area contributed by atoms with Gasteiger partial charge in [-0.05, 0) is 135 Å². The molecule has 0 saturated heterocycles. The molecule has 0 amide bonds. The van der Waals surface area contributed by atoms with Crippen LogP contribution >= 0.6 is 0 Å². The van der Waals surface area contributed by atoms with Crippen LogP contribution in [0.5, 0.6) is 11.5 Å². The van der Waals surface area contributed by atoms with Gasteiger partial charge in [0.1, 0.15) is 11.5 Å². The van der Waals surface area contributed by atoms with Gasteiger partial charge in [-0.25, -0.2) is 0 Å². The molecule has 0 saturated carbocycles. The molecule has 0 spiro atoms. The Kier molecular flexibility index (Phi) is 15.4. The van der Waals surface area contributed by atoms with Crippen LogP contribution in [0.4, 0.5) is 11.4 Å². The molecule has 0 unspecified atom stereocenters. The van der Waals surface area contributed by atoms with Crippen molar-refractivity contribution in [1.29, 1.82) is 0 Å². The number of rotatable bonds is 20. The van der Waals surface area contributed by atoms with Gasteiger partial charge in [0, 0.05) is 12.4 Å². The van der Waals surface area contributed by atoms with Crippen molar-refractivity contribution in [2.75, 3.05) is 13.2 Å². The van der Waals surface area contributed by atoms with Crippen LogP contribution < -0.4 is 9.47 Å². The van der Waals surface area contributed by atoms with Gasteiger partial charge in [-0.3, -0.25) is 9.98 Å². The highest BCUT2D eigenvalue weighted by Gasteiger charge is 2.28. The Balaban J connectivity index is 1.34. The first-order valence-corrected chi connectivity index (χ1v) is 21.4. The second-order valence-electron chi connectivity index (χ2n) is 17.6. The van der Waals surface area contributed by atoms with Crippen LogP contribution in [0.1, 0.15) is 166 Å². The number of fused-ring (bicyclic) bond motifs is 3. The first-order valence-electron chi connectivity index (χ1n) is 21.4.